The lowest BCUT2D eigenvalue weighted by Crippen LogP contribution is -2.20. The van der Waals surface area contributed by atoms with Crippen LogP contribution in [-0.4, -0.2) is 20.7 Å². The lowest BCUT2D eigenvalue weighted by Gasteiger charge is -2.02. The smallest absolute Gasteiger partial charge is 0.244 e. The Kier molecular flexibility index (Phi) is 5.23. The Balaban J connectivity index is 1.70. The predicted octanol–water partition coefficient (Wildman–Crippen LogP) is 3.77. The van der Waals surface area contributed by atoms with Gasteiger partial charge < -0.3 is 9.73 Å². The minimum atomic E-state index is -0.263. The molecule has 1 amide bonds. The van der Waals surface area contributed by atoms with Crippen molar-refractivity contribution in [2.24, 2.45) is 0 Å². The van der Waals surface area contributed by atoms with Crippen molar-refractivity contribution >= 4 is 23.6 Å². The number of amides is 1. The van der Waals surface area contributed by atoms with Gasteiger partial charge >= 0.3 is 0 Å². The molecule has 3 rings (SSSR count). The summed E-state index contributed by atoms with van der Waals surface area (Å²) in [4.78, 5) is 16.3. The van der Waals surface area contributed by atoms with Crippen molar-refractivity contribution in [1.29, 1.82) is 0 Å². The van der Waals surface area contributed by atoms with Gasteiger partial charge in [0.15, 0.2) is 0 Å². The average molecular weight is 371 g/mol. The number of carbonyl (C=O) groups is 1. The predicted molar refractivity (Wildman–Crippen MR) is 100 cm³/mol. The van der Waals surface area contributed by atoms with Crippen LogP contribution in [0.1, 0.15) is 28.6 Å². The molecule has 7 heteroatoms. The second kappa shape index (κ2) is 7.58. The van der Waals surface area contributed by atoms with Crippen molar-refractivity contribution in [3.8, 4) is 5.69 Å². The molecule has 0 saturated carbocycles. The molecule has 3 aromatic rings. The number of oxazole rings is 1. The van der Waals surface area contributed by atoms with Crippen LogP contribution >= 0.6 is 11.6 Å². The third kappa shape index (κ3) is 3.86. The average Bonchev–Trinajstić information content (AvgIpc) is 3.10. The Morgan fingerprint density at radius 1 is 1.23 bits per heavy atom. The summed E-state index contributed by atoms with van der Waals surface area (Å²) >= 11 is 6.43. The van der Waals surface area contributed by atoms with Crippen molar-refractivity contribution in [2.45, 2.75) is 27.3 Å². The highest BCUT2D eigenvalue weighted by Gasteiger charge is 2.13. The van der Waals surface area contributed by atoms with E-state index >= 15 is 0 Å². The SMILES string of the molecule is Cc1nc(CNC(=O)C=Cc2c(C)nn(-c3ccccc3)c2Cl)oc1C. The van der Waals surface area contributed by atoms with E-state index in [0.29, 0.717) is 16.6 Å². The minimum absolute atomic E-state index is 0.230. The standard InChI is InChI=1S/C19H19ClN4O2/c1-12-14(3)26-18(22-12)11-21-17(25)10-9-16-13(2)23-24(19(16)20)15-7-5-4-6-8-15/h4-10H,11H2,1-3H3,(H,21,25). The molecule has 0 bridgehead atoms. The summed E-state index contributed by atoms with van der Waals surface area (Å²) in [5.74, 6) is 0.967. The van der Waals surface area contributed by atoms with Crippen LogP contribution in [0.4, 0.5) is 0 Å². The van der Waals surface area contributed by atoms with Crippen LogP contribution in [0.2, 0.25) is 5.15 Å². The molecule has 0 aliphatic carbocycles. The van der Waals surface area contributed by atoms with Crippen molar-refractivity contribution < 1.29 is 9.21 Å². The van der Waals surface area contributed by atoms with Gasteiger partial charge in [-0.2, -0.15) is 5.10 Å². The van der Waals surface area contributed by atoms with Gasteiger partial charge in [0.2, 0.25) is 11.8 Å². The zero-order valence-electron chi connectivity index (χ0n) is 14.8. The molecule has 6 nitrogen and oxygen atoms in total. The fourth-order valence-corrected chi connectivity index (χ4v) is 2.77. The molecule has 1 N–H and O–H groups in total. The molecule has 2 aromatic heterocycles. The molecule has 0 unspecified atom stereocenters. The number of hydrogen-bond acceptors (Lipinski definition) is 4. The van der Waals surface area contributed by atoms with E-state index in [9.17, 15) is 4.79 Å². The van der Waals surface area contributed by atoms with E-state index in [4.69, 9.17) is 16.0 Å². The molecule has 1 aromatic carbocycles. The Hall–Kier alpha value is -2.86. The van der Waals surface area contributed by atoms with Gasteiger partial charge in [0.05, 0.1) is 23.6 Å². The number of para-hydroxylation sites is 1. The first-order chi connectivity index (χ1) is 12.5. The Bertz CT molecular complexity index is 938. The quantitative estimate of drug-likeness (QED) is 0.694. The van der Waals surface area contributed by atoms with Crippen LogP contribution in [0.3, 0.4) is 0 Å². The summed E-state index contributed by atoms with van der Waals surface area (Å²) in [7, 11) is 0. The van der Waals surface area contributed by atoms with Gasteiger partial charge in [-0.1, -0.05) is 29.8 Å². The number of benzene rings is 1. The highest BCUT2D eigenvalue weighted by atomic mass is 35.5. The van der Waals surface area contributed by atoms with Crippen LogP contribution in [0.15, 0.2) is 40.8 Å². The molecule has 0 fully saturated rings. The Morgan fingerprint density at radius 2 is 1.96 bits per heavy atom. The van der Waals surface area contributed by atoms with E-state index in [0.717, 1.165) is 22.8 Å². The topological polar surface area (TPSA) is 73.0 Å². The molecule has 0 spiro atoms. The number of rotatable bonds is 5. The van der Waals surface area contributed by atoms with Crippen molar-refractivity contribution in [1.82, 2.24) is 20.1 Å². The molecule has 0 atom stereocenters. The molecule has 2 heterocycles. The normalized spacial score (nSPS) is 11.2. The fourth-order valence-electron chi connectivity index (χ4n) is 2.44. The number of carbonyl (C=O) groups excluding carboxylic acids is 1. The molecule has 0 aliphatic heterocycles. The van der Waals surface area contributed by atoms with Gasteiger partial charge in [-0.3, -0.25) is 4.79 Å². The summed E-state index contributed by atoms with van der Waals surface area (Å²) in [6, 6.07) is 9.59. The number of aryl methyl sites for hydroxylation is 3. The first-order valence-electron chi connectivity index (χ1n) is 8.15. The summed E-state index contributed by atoms with van der Waals surface area (Å²) < 4.78 is 7.08. The van der Waals surface area contributed by atoms with E-state index in [1.165, 1.54) is 6.08 Å². The third-order valence-electron chi connectivity index (χ3n) is 3.94. The Labute approximate surface area is 156 Å². The van der Waals surface area contributed by atoms with Crippen LogP contribution in [-0.2, 0) is 11.3 Å². The first-order valence-corrected chi connectivity index (χ1v) is 8.53. The number of aromatic nitrogens is 3. The summed E-state index contributed by atoms with van der Waals surface area (Å²) in [5.41, 5.74) is 3.12. The maximum atomic E-state index is 12.0. The zero-order chi connectivity index (χ0) is 18.7. The molecule has 0 saturated heterocycles. The van der Waals surface area contributed by atoms with Crippen molar-refractivity contribution in [2.75, 3.05) is 0 Å². The zero-order valence-corrected chi connectivity index (χ0v) is 15.5. The maximum Gasteiger partial charge on any atom is 0.244 e. The van der Waals surface area contributed by atoms with E-state index in [1.807, 2.05) is 51.1 Å². The summed E-state index contributed by atoms with van der Waals surface area (Å²) in [6.45, 7) is 5.77. The van der Waals surface area contributed by atoms with Gasteiger partial charge in [-0.05, 0) is 39.0 Å². The molecule has 134 valence electrons. The maximum absolute atomic E-state index is 12.0. The van der Waals surface area contributed by atoms with Gasteiger partial charge in [-0.15, -0.1) is 0 Å². The van der Waals surface area contributed by atoms with Crippen molar-refractivity contribution in [3.05, 3.63) is 70.2 Å². The number of halogens is 1. The highest BCUT2D eigenvalue weighted by Crippen LogP contribution is 2.24. The van der Waals surface area contributed by atoms with Gasteiger partial charge in [-0.25, -0.2) is 9.67 Å². The monoisotopic (exact) mass is 370 g/mol. The van der Waals surface area contributed by atoms with Gasteiger partial charge in [0.1, 0.15) is 10.9 Å². The van der Waals surface area contributed by atoms with Crippen LogP contribution in [0.25, 0.3) is 11.8 Å². The lowest BCUT2D eigenvalue weighted by atomic mass is 10.2. The number of nitrogens with one attached hydrogen (secondary N) is 1. The second-order valence-corrected chi connectivity index (χ2v) is 6.20. The van der Waals surface area contributed by atoms with Crippen LogP contribution in [0, 0.1) is 20.8 Å². The molecule has 0 aliphatic rings. The Morgan fingerprint density at radius 3 is 2.62 bits per heavy atom. The summed E-state index contributed by atoms with van der Waals surface area (Å²) in [6.07, 6.45) is 3.08. The second-order valence-electron chi connectivity index (χ2n) is 5.84. The minimum Gasteiger partial charge on any atom is -0.444 e. The first kappa shape index (κ1) is 17.9. The lowest BCUT2D eigenvalue weighted by molar-refractivity contribution is -0.116. The van der Waals surface area contributed by atoms with Gasteiger partial charge in [0, 0.05) is 11.6 Å². The van der Waals surface area contributed by atoms with E-state index in [2.05, 4.69) is 15.4 Å². The van der Waals surface area contributed by atoms with Crippen molar-refractivity contribution in [3.63, 3.8) is 0 Å². The van der Waals surface area contributed by atoms with Gasteiger partial charge in [0.25, 0.3) is 0 Å². The van der Waals surface area contributed by atoms with Crippen LogP contribution in [0.5, 0.6) is 0 Å². The van der Waals surface area contributed by atoms with E-state index in [-0.39, 0.29) is 12.5 Å². The highest BCUT2D eigenvalue weighted by molar-refractivity contribution is 6.31. The molecule has 0 radical (unpaired) electrons. The fraction of sp³-hybridized carbons (Fsp3) is 0.211. The third-order valence-corrected chi connectivity index (χ3v) is 4.30. The molecule has 26 heavy (non-hydrogen) atoms. The number of nitrogens with zero attached hydrogens (tertiary/aromatic N) is 3. The molecular weight excluding hydrogens is 352 g/mol. The summed E-state index contributed by atoms with van der Waals surface area (Å²) in [5, 5.41) is 7.63. The number of hydrogen-bond donors (Lipinski definition) is 1. The molecular formula is C19H19ClN4O2. The largest absolute Gasteiger partial charge is 0.444 e. The van der Waals surface area contributed by atoms with E-state index in [1.54, 1.807) is 10.8 Å². The van der Waals surface area contributed by atoms with Crippen LogP contribution < -0.4 is 5.32 Å². The van der Waals surface area contributed by atoms with E-state index < -0.39 is 0 Å².